The molecule has 1 aliphatic rings. The van der Waals surface area contributed by atoms with E-state index in [1.54, 1.807) is 4.90 Å². The average Bonchev–Trinajstić information content (AvgIpc) is 2.87. The normalized spacial score (nSPS) is 15.3. The number of nitrogens with zero attached hydrogens (tertiary/aromatic N) is 4. The minimum absolute atomic E-state index is 0.256. The van der Waals surface area contributed by atoms with Gasteiger partial charge in [-0.1, -0.05) is 0 Å². The minimum atomic E-state index is 0.256. The Morgan fingerprint density at radius 3 is 2.57 bits per heavy atom. The Hall–Kier alpha value is -1.59. The van der Waals surface area contributed by atoms with Gasteiger partial charge in [0.05, 0.1) is 0 Å². The predicted molar refractivity (Wildman–Crippen MR) is 55.2 cm³/mol. The van der Waals surface area contributed by atoms with Gasteiger partial charge < -0.3 is 16.0 Å². The van der Waals surface area contributed by atoms with Gasteiger partial charge >= 0.3 is 0 Å². The van der Waals surface area contributed by atoms with Crippen LogP contribution in [0.5, 0.6) is 0 Å². The minimum Gasteiger partial charge on any atom is -0.368 e. The molecule has 14 heavy (non-hydrogen) atoms. The summed E-state index contributed by atoms with van der Waals surface area (Å²) in [4.78, 5) is 14.0. The third-order valence-electron chi connectivity index (χ3n) is 1.95. The summed E-state index contributed by atoms with van der Waals surface area (Å²) in [6, 6.07) is 0.520. The molecule has 0 aromatic carbocycles. The van der Waals surface area contributed by atoms with E-state index >= 15 is 0 Å². The molecular weight excluding hydrogens is 180 g/mol. The van der Waals surface area contributed by atoms with Crippen molar-refractivity contribution in [2.75, 3.05) is 30.0 Å². The average molecular weight is 194 g/mol. The monoisotopic (exact) mass is 194 g/mol. The van der Waals surface area contributed by atoms with Gasteiger partial charge in [0, 0.05) is 20.1 Å². The third-order valence-corrected chi connectivity index (χ3v) is 1.95. The fraction of sp³-hybridized carbons (Fsp3) is 0.625. The molecule has 3 N–H and O–H groups in total. The molecule has 1 saturated carbocycles. The van der Waals surface area contributed by atoms with Gasteiger partial charge in [-0.25, -0.2) is 0 Å². The molecule has 1 fully saturated rings. The third kappa shape index (κ3) is 2.01. The standard InChI is InChI=1S/C8H14N6/c1-14(2)8-12-6(9)11-7(13-8)10-5-3-4-5/h5H,3-4H2,1-2H3,(H3,9,10,11,12,13). The lowest BCUT2D eigenvalue weighted by Crippen LogP contribution is -2.17. The molecule has 1 aliphatic carbocycles. The summed E-state index contributed by atoms with van der Waals surface area (Å²) in [5.74, 6) is 1.41. The van der Waals surface area contributed by atoms with Crippen molar-refractivity contribution in [2.45, 2.75) is 18.9 Å². The van der Waals surface area contributed by atoms with E-state index in [1.807, 2.05) is 14.1 Å². The fourth-order valence-corrected chi connectivity index (χ4v) is 1.06. The maximum absolute atomic E-state index is 5.56. The van der Waals surface area contributed by atoms with Crippen molar-refractivity contribution < 1.29 is 0 Å². The summed E-state index contributed by atoms with van der Waals surface area (Å²) in [5, 5.41) is 3.18. The molecule has 0 radical (unpaired) electrons. The summed E-state index contributed by atoms with van der Waals surface area (Å²) >= 11 is 0. The smallest absolute Gasteiger partial charge is 0.231 e. The molecule has 0 unspecified atom stereocenters. The topological polar surface area (TPSA) is 80.0 Å². The predicted octanol–water partition coefficient (Wildman–Crippen LogP) is 0.0941. The Morgan fingerprint density at radius 1 is 1.29 bits per heavy atom. The van der Waals surface area contributed by atoms with E-state index < -0.39 is 0 Å². The van der Waals surface area contributed by atoms with Crippen molar-refractivity contribution in [2.24, 2.45) is 0 Å². The molecule has 76 valence electrons. The lowest BCUT2D eigenvalue weighted by molar-refractivity contribution is 0.949. The van der Waals surface area contributed by atoms with Gasteiger partial charge in [-0.05, 0) is 12.8 Å². The number of hydrogen-bond donors (Lipinski definition) is 2. The number of nitrogens with one attached hydrogen (secondary N) is 1. The van der Waals surface area contributed by atoms with Crippen molar-refractivity contribution >= 4 is 17.8 Å². The Balaban J connectivity index is 2.21. The molecule has 0 aliphatic heterocycles. The van der Waals surface area contributed by atoms with Crippen molar-refractivity contribution in [1.82, 2.24) is 15.0 Å². The van der Waals surface area contributed by atoms with E-state index in [0.29, 0.717) is 17.9 Å². The summed E-state index contributed by atoms with van der Waals surface area (Å²) in [7, 11) is 3.74. The van der Waals surface area contributed by atoms with Crippen LogP contribution in [-0.4, -0.2) is 35.1 Å². The molecule has 1 heterocycles. The van der Waals surface area contributed by atoms with Crippen LogP contribution in [0.3, 0.4) is 0 Å². The van der Waals surface area contributed by atoms with Crippen LogP contribution in [-0.2, 0) is 0 Å². The van der Waals surface area contributed by atoms with Crippen LogP contribution in [0.25, 0.3) is 0 Å². The number of hydrogen-bond acceptors (Lipinski definition) is 6. The molecule has 1 aromatic rings. The van der Waals surface area contributed by atoms with Gasteiger partial charge in [-0.3, -0.25) is 0 Å². The lowest BCUT2D eigenvalue weighted by Gasteiger charge is -2.11. The second kappa shape index (κ2) is 3.28. The van der Waals surface area contributed by atoms with Crippen LogP contribution in [0.2, 0.25) is 0 Å². The van der Waals surface area contributed by atoms with Crippen LogP contribution in [0.1, 0.15) is 12.8 Å². The maximum Gasteiger partial charge on any atom is 0.231 e. The van der Waals surface area contributed by atoms with Gasteiger partial charge in [0.1, 0.15) is 0 Å². The highest BCUT2D eigenvalue weighted by Gasteiger charge is 2.22. The number of nitrogen functional groups attached to an aromatic ring is 1. The first kappa shape index (κ1) is 8.98. The van der Waals surface area contributed by atoms with Gasteiger partial charge in [0.2, 0.25) is 17.8 Å². The van der Waals surface area contributed by atoms with Crippen molar-refractivity contribution in [3.05, 3.63) is 0 Å². The number of nitrogens with two attached hydrogens (primary N) is 1. The first-order valence-electron chi connectivity index (χ1n) is 4.60. The van der Waals surface area contributed by atoms with Crippen LogP contribution in [0, 0.1) is 0 Å². The Kier molecular flexibility index (Phi) is 2.11. The number of rotatable bonds is 3. The molecule has 0 atom stereocenters. The first-order chi connectivity index (χ1) is 6.65. The van der Waals surface area contributed by atoms with Crippen LogP contribution < -0.4 is 16.0 Å². The van der Waals surface area contributed by atoms with Gasteiger partial charge in [0.15, 0.2) is 0 Å². The van der Waals surface area contributed by atoms with E-state index in [2.05, 4.69) is 20.3 Å². The second-order valence-electron chi connectivity index (χ2n) is 3.63. The van der Waals surface area contributed by atoms with Crippen LogP contribution in [0.15, 0.2) is 0 Å². The summed E-state index contributed by atoms with van der Waals surface area (Å²) in [6.45, 7) is 0. The van der Waals surface area contributed by atoms with Crippen molar-refractivity contribution in [3.63, 3.8) is 0 Å². The molecule has 2 rings (SSSR count). The number of aromatic nitrogens is 3. The highest BCUT2D eigenvalue weighted by Crippen LogP contribution is 2.23. The molecule has 0 bridgehead atoms. The molecule has 6 nitrogen and oxygen atoms in total. The summed E-state index contributed by atoms with van der Waals surface area (Å²) < 4.78 is 0. The van der Waals surface area contributed by atoms with Gasteiger partial charge in [-0.2, -0.15) is 15.0 Å². The van der Waals surface area contributed by atoms with Crippen LogP contribution in [0.4, 0.5) is 17.8 Å². The Bertz CT molecular complexity index is 333. The van der Waals surface area contributed by atoms with Crippen molar-refractivity contribution in [3.8, 4) is 0 Å². The second-order valence-corrected chi connectivity index (χ2v) is 3.63. The molecule has 1 aromatic heterocycles. The zero-order valence-electron chi connectivity index (χ0n) is 8.36. The Labute approximate surface area is 82.6 Å². The summed E-state index contributed by atoms with van der Waals surface area (Å²) in [5.41, 5.74) is 5.56. The zero-order chi connectivity index (χ0) is 10.1. The van der Waals surface area contributed by atoms with E-state index in [1.165, 1.54) is 12.8 Å². The largest absolute Gasteiger partial charge is 0.368 e. The van der Waals surface area contributed by atoms with E-state index in [-0.39, 0.29) is 5.95 Å². The first-order valence-corrected chi connectivity index (χ1v) is 4.60. The lowest BCUT2D eigenvalue weighted by atomic mass is 10.7. The molecule has 0 saturated heterocycles. The van der Waals surface area contributed by atoms with Gasteiger partial charge in [-0.15, -0.1) is 0 Å². The quantitative estimate of drug-likeness (QED) is 0.710. The Morgan fingerprint density at radius 2 is 2.00 bits per heavy atom. The van der Waals surface area contributed by atoms with E-state index in [0.717, 1.165) is 0 Å². The molecular formula is C8H14N6. The maximum atomic E-state index is 5.56. The van der Waals surface area contributed by atoms with E-state index in [9.17, 15) is 0 Å². The van der Waals surface area contributed by atoms with E-state index in [4.69, 9.17) is 5.73 Å². The van der Waals surface area contributed by atoms with Gasteiger partial charge in [0.25, 0.3) is 0 Å². The summed E-state index contributed by atoms with van der Waals surface area (Å²) in [6.07, 6.45) is 2.37. The molecule has 0 amide bonds. The molecule has 6 heteroatoms. The SMILES string of the molecule is CN(C)c1nc(N)nc(NC2CC2)n1. The van der Waals surface area contributed by atoms with Crippen LogP contribution >= 0.6 is 0 Å². The highest BCUT2D eigenvalue weighted by atomic mass is 15.3. The zero-order valence-corrected chi connectivity index (χ0v) is 8.36. The molecule has 0 spiro atoms. The number of anilines is 3. The fourth-order valence-electron chi connectivity index (χ4n) is 1.06. The highest BCUT2D eigenvalue weighted by molar-refractivity contribution is 5.41. The van der Waals surface area contributed by atoms with Crippen molar-refractivity contribution in [1.29, 1.82) is 0 Å².